The maximum atomic E-state index is 12.0. The lowest BCUT2D eigenvalue weighted by Crippen LogP contribution is -2.32. The number of thiophene rings is 1. The standard InChI is InChI=1S/C16H11ClN4O6S/c17-11-3-10(4-12(5-11)21(25)26)15(24)19-7-14(23)27-8-13(22)20-16-9(6-18)1-2-28-16/h1-5H,7-8H2,(H,19,24)(H,20,22). The Morgan fingerprint density at radius 1 is 1.32 bits per heavy atom. The number of nitro benzene ring substituents is 1. The average molecular weight is 423 g/mol. The Bertz CT molecular complexity index is 984. The minimum Gasteiger partial charge on any atom is -0.454 e. The van der Waals surface area contributed by atoms with Gasteiger partial charge in [-0.05, 0) is 17.5 Å². The number of nitro groups is 1. The summed E-state index contributed by atoms with van der Waals surface area (Å²) >= 11 is 6.87. The molecule has 0 aliphatic rings. The zero-order valence-corrected chi connectivity index (χ0v) is 15.5. The van der Waals surface area contributed by atoms with Gasteiger partial charge >= 0.3 is 5.97 Å². The molecule has 28 heavy (non-hydrogen) atoms. The predicted molar refractivity (Wildman–Crippen MR) is 99.1 cm³/mol. The van der Waals surface area contributed by atoms with E-state index in [9.17, 15) is 24.5 Å². The van der Waals surface area contributed by atoms with Gasteiger partial charge in [-0.25, -0.2) is 0 Å². The molecule has 10 nitrogen and oxygen atoms in total. The normalized spacial score (nSPS) is 9.86. The summed E-state index contributed by atoms with van der Waals surface area (Å²) in [4.78, 5) is 45.4. The van der Waals surface area contributed by atoms with E-state index in [1.807, 2.05) is 6.07 Å². The van der Waals surface area contributed by atoms with Crippen LogP contribution in [0.25, 0.3) is 0 Å². The monoisotopic (exact) mass is 422 g/mol. The number of esters is 1. The van der Waals surface area contributed by atoms with Crippen LogP contribution in [0.4, 0.5) is 10.7 Å². The van der Waals surface area contributed by atoms with Crippen molar-refractivity contribution in [2.45, 2.75) is 0 Å². The van der Waals surface area contributed by atoms with Gasteiger partial charge in [-0.3, -0.25) is 24.5 Å². The van der Waals surface area contributed by atoms with Gasteiger partial charge in [-0.2, -0.15) is 5.26 Å². The number of halogens is 1. The highest BCUT2D eigenvalue weighted by Crippen LogP contribution is 2.22. The molecule has 0 saturated heterocycles. The molecule has 0 fully saturated rings. The molecule has 1 aromatic carbocycles. The van der Waals surface area contributed by atoms with Crippen molar-refractivity contribution in [2.75, 3.05) is 18.5 Å². The van der Waals surface area contributed by atoms with E-state index in [2.05, 4.69) is 10.6 Å². The van der Waals surface area contributed by atoms with Crippen LogP contribution in [0.5, 0.6) is 0 Å². The summed E-state index contributed by atoms with van der Waals surface area (Å²) in [7, 11) is 0. The topological polar surface area (TPSA) is 151 Å². The van der Waals surface area contributed by atoms with E-state index in [0.29, 0.717) is 5.00 Å². The Morgan fingerprint density at radius 2 is 2.07 bits per heavy atom. The maximum Gasteiger partial charge on any atom is 0.325 e. The number of benzene rings is 1. The third-order valence-corrected chi connectivity index (χ3v) is 4.20. The minimum absolute atomic E-state index is 0.0103. The molecule has 0 saturated carbocycles. The summed E-state index contributed by atoms with van der Waals surface area (Å²) < 4.78 is 4.72. The van der Waals surface area contributed by atoms with Gasteiger partial charge in [-0.15, -0.1) is 11.3 Å². The van der Waals surface area contributed by atoms with Crippen LogP contribution in [0.3, 0.4) is 0 Å². The number of nitrogens with zero attached hydrogens (tertiary/aromatic N) is 2. The number of carbonyl (C=O) groups is 3. The molecule has 0 bridgehead atoms. The fraction of sp³-hybridized carbons (Fsp3) is 0.125. The zero-order chi connectivity index (χ0) is 20.7. The second kappa shape index (κ2) is 9.45. The van der Waals surface area contributed by atoms with Crippen LogP contribution < -0.4 is 10.6 Å². The number of anilines is 1. The molecule has 0 aliphatic heterocycles. The molecule has 12 heteroatoms. The maximum absolute atomic E-state index is 12.0. The van der Waals surface area contributed by atoms with Crippen molar-refractivity contribution in [2.24, 2.45) is 0 Å². The molecule has 0 spiro atoms. The van der Waals surface area contributed by atoms with Crippen molar-refractivity contribution < 1.29 is 24.0 Å². The Balaban J connectivity index is 1.82. The summed E-state index contributed by atoms with van der Waals surface area (Å²) in [5, 5.41) is 26.2. The lowest BCUT2D eigenvalue weighted by Gasteiger charge is -2.07. The predicted octanol–water partition coefficient (Wildman–Crippen LogP) is 2.09. The Labute approximate surface area is 166 Å². The van der Waals surface area contributed by atoms with E-state index >= 15 is 0 Å². The number of amides is 2. The SMILES string of the molecule is N#Cc1ccsc1NC(=O)COC(=O)CNC(=O)c1cc(Cl)cc([N+](=O)[O-])c1. The molecule has 2 amide bonds. The quantitative estimate of drug-likeness (QED) is 0.393. The summed E-state index contributed by atoms with van der Waals surface area (Å²) in [6, 6.07) is 6.72. The fourth-order valence-corrected chi connectivity index (χ4v) is 2.90. The first-order chi connectivity index (χ1) is 13.3. The molecule has 1 aromatic heterocycles. The highest BCUT2D eigenvalue weighted by atomic mass is 35.5. The highest BCUT2D eigenvalue weighted by molar-refractivity contribution is 7.14. The number of rotatable bonds is 7. The smallest absolute Gasteiger partial charge is 0.325 e. The summed E-state index contributed by atoms with van der Waals surface area (Å²) in [6.45, 7) is -1.17. The lowest BCUT2D eigenvalue weighted by molar-refractivity contribution is -0.384. The second-order valence-corrected chi connectivity index (χ2v) is 6.47. The fourth-order valence-electron chi connectivity index (χ4n) is 1.92. The van der Waals surface area contributed by atoms with Crippen LogP contribution in [0.1, 0.15) is 15.9 Å². The molecule has 0 atom stereocenters. The van der Waals surface area contributed by atoms with Crippen LogP contribution in [-0.2, 0) is 14.3 Å². The number of nitriles is 1. The van der Waals surface area contributed by atoms with E-state index in [4.69, 9.17) is 21.6 Å². The van der Waals surface area contributed by atoms with E-state index in [0.717, 1.165) is 23.5 Å². The third-order valence-electron chi connectivity index (χ3n) is 3.15. The molecule has 0 aliphatic carbocycles. The zero-order valence-electron chi connectivity index (χ0n) is 13.9. The number of carbonyl (C=O) groups excluding carboxylic acids is 3. The van der Waals surface area contributed by atoms with Crippen LogP contribution in [-0.4, -0.2) is 35.9 Å². The summed E-state index contributed by atoms with van der Waals surface area (Å²) in [6.07, 6.45) is 0. The van der Waals surface area contributed by atoms with E-state index in [1.165, 1.54) is 12.1 Å². The van der Waals surface area contributed by atoms with Gasteiger partial charge in [0.15, 0.2) is 6.61 Å². The van der Waals surface area contributed by atoms with Crippen molar-refractivity contribution in [3.05, 3.63) is 55.9 Å². The van der Waals surface area contributed by atoms with Gasteiger partial charge in [0.1, 0.15) is 17.6 Å². The van der Waals surface area contributed by atoms with Crippen molar-refractivity contribution in [3.63, 3.8) is 0 Å². The number of nitrogens with one attached hydrogen (secondary N) is 2. The third kappa shape index (κ3) is 5.76. The molecular formula is C16H11ClN4O6S. The van der Waals surface area contributed by atoms with Crippen molar-refractivity contribution in [1.82, 2.24) is 5.32 Å². The number of hydrogen-bond donors (Lipinski definition) is 2. The van der Waals surface area contributed by atoms with Crippen molar-refractivity contribution >= 4 is 51.4 Å². The first-order valence-electron chi connectivity index (χ1n) is 7.46. The van der Waals surface area contributed by atoms with Crippen LogP contribution in [0.15, 0.2) is 29.6 Å². The first kappa shape index (κ1) is 20.8. The first-order valence-corrected chi connectivity index (χ1v) is 8.72. The van der Waals surface area contributed by atoms with Crippen molar-refractivity contribution in [1.29, 1.82) is 5.26 Å². The Kier molecular flexibility index (Phi) is 7.02. The van der Waals surface area contributed by atoms with Crippen LogP contribution in [0, 0.1) is 21.4 Å². The molecule has 2 aromatic rings. The van der Waals surface area contributed by atoms with E-state index in [-0.39, 0.29) is 21.8 Å². The summed E-state index contributed by atoms with van der Waals surface area (Å²) in [5.41, 5.74) is -0.193. The number of non-ortho nitro benzene ring substituents is 1. The highest BCUT2D eigenvalue weighted by Gasteiger charge is 2.16. The van der Waals surface area contributed by atoms with Gasteiger partial charge in [0.25, 0.3) is 17.5 Å². The number of ether oxygens (including phenoxy) is 1. The van der Waals surface area contributed by atoms with Gasteiger partial charge in [0.2, 0.25) is 0 Å². The largest absolute Gasteiger partial charge is 0.454 e. The molecule has 1 heterocycles. The molecule has 2 rings (SSSR count). The van der Waals surface area contributed by atoms with Gasteiger partial charge in [-0.1, -0.05) is 11.6 Å². The molecule has 2 N–H and O–H groups in total. The summed E-state index contributed by atoms with van der Waals surface area (Å²) in [5.74, 6) is -2.32. The average Bonchev–Trinajstić information content (AvgIpc) is 3.10. The van der Waals surface area contributed by atoms with E-state index in [1.54, 1.807) is 5.38 Å². The van der Waals surface area contributed by atoms with Crippen LogP contribution in [0.2, 0.25) is 5.02 Å². The Hall–Kier alpha value is -3.49. The minimum atomic E-state index is -0.897. The Morgan fingerprint density at radius 3 is 2.75 bits per heavy atom. The van der Waals surface area contributed by atoms with E-state index < -0.39 is 35.9 Å². The van der Waals surface area contributed by atoms with Gasteiger partial charge in [0, 0.05) is 22.7 Å². The van der Waals surface area contributed by atoms with Crippen LogP contribution >= 0.6 is 22.9 Å². The van der Waals surface area contributed by atoms with Gasteiger partial charge < -0.3 is 15.4 Å². The second-order valence-electron chi connectivity index (χ2n) is 5.12. The molecule has 144 valence electrons. The van der Waals surface area contributed by atoms with Crippen molar-refractivity contribution in [3.8, 4) is 6.07 Å². The molecular weight excluding hydrogens is 412 g/mol. The number of hydrogen-bond acceptors (Lipinski definition) is 8. The molecule has 0 radical (unpaired) electrons. The lowest BCUT2D eigenvalue weighted by atomic mass is 10.2. The van der Waals surface area contributed by atoms with Gasteiger partial charge in [0.05, 0.1) is 10.5 Å². The molecule has 0 unspecified atom stereocenters.